The van der Waals surface area contributed by atoms with E-state index in [1.807, 2.05) is 6.07 Å². The minimum absolute atomic E-state index is 0.523. The molecule has 0 aliphatic rings. The van der Waals surface area contributed by atoms with Gasteiger partial charge in [0, 0.05) is 23.2 Å². The lowest BCUT2D eigenvalue weighted by molar-refractivity contribution is 0.545. The highest BCUT2D eigenvalue weighted by atomic mass is 35.7. The van der Waals surface area contributed by atoms with Gasteiger partial charge in [0.2, 0.25) is 0 Å². The third-order valence-corrected chi connectivity index (χ3v) is 1.92. The summed E-state index contributed by atoms with van der Waals surface area (Å²) in [5, 5.41) is 0. The second kappa shape index (κ2) is 2.75. The van der Waals surface area contributed by atoms with E-state index in [0.29, 0.717) is 5.75 Å². The van der Waals surface area contributed by atoms with E-state index in [1.54, 1.807) is 24.3 Å². The molecule has 1 rings (SSSR count). The van der Waals surface area contributed by atoms with Crippen LogP contribution in [-0.4, -0.2) is 16.7 Å². The molecular formula is C8H11ClO2S. The van der Waals surface area contributed by atoms with Crippen LogP contribution in [0.5, 0.6) is 5.75 Å². The maximum Gasteiger partial charge on any atom is 0.151 e. The monoisotopic (exact) mass is 206 g/mol. The summed E-state index contributed by atoms with van der Waals surface area (Å²) in [6, 6.07) is 8.87. The van der Waals surface area contributed by atoms with Gasteiger partial charge in [0.1, 0.15) is 0 Å². The molecule has 0 N–H and O–H groups in total. The van der Waals surface area contributed by atoms with Crippen molar-refractivity contribution in [3.8, 4) is 5.75 Å². The molecule has 1 aromatic rings. The summed E-state index contributed by atoms with van der Waals surface area (Å²) in [6.45, 7) is 0. The second-order valence-corrected chi connectivity index (χ2v) is 8.90. The SMILES string of the molecule is CS(C)(=O)(Cl)Oc1ccccc1. The van der Waals surface area contributed by atoms with Crippen LogP contribution in [0.2, 0.25) is 0 Å². The van der Waals surface area contributed by atoms with Crippen LogP contribution in [0.1, 0.15) is 0 Å². The van der Waals surface area contributed by atoms with E-state index in [9.17, 15) is 4.21 Å². The minimum atomic E-state index is -3.40. The van der Waals surface area contributed by atoms with Gasteiger partial charge in [0.25, 0.3) is 0 Å². The van der Waals surface area contributed by atoms with E-state index >= 15 is 0 Å². The quantitative estimate of drug-likeness (QED) is 0.694. The first-order valence-corrected chi connectivity index (χ1v) is 6.95. The first kappa shape index (κ1) is 9.55. The Morgan fingerprint density at radius 2 is 1.75 bits per heavy atom. The number of para-hydroxylation sites is 1. The van der Waals surface area contributed by atoms with Crippen LogP contribution in [-0.2, 0) is 8.56 Å². The van der Waals surface area contributed by atoms with Crippen LogP contribution < -0.4 is 4.18 Å². The van der Waals surface area contributed by atoms with Gasteiger partial charge < -0.3 is 4.18 Å². The Labute approximate surface area is 76.6 Å². The molecule has 12 heavy (non-hydrogen) atoms. The fourth-order valence-electron chi connectivity index (χ4n) is 0.744. The molecule has 0 heterocycles. The second-order valence-electron chi connectivity index (χ2n) is 2.97. The van der Waals surface area contributed by atoms with Crippen molar-refractivity contribution in [2.45, 2.75) is 0 Å². The maximum atomic E-state index is 11.5. The molecule has 1 aromatic carbocycles. The lowest BCUT2D eigenvalue weighted by atomic mass is 10.3. The topological polar surface area (TPSA) is 26.3 Å². The predicted octanol–water partition coefficient (Wildman–Crippen LogP) is 2.21. The summed E-state index contributed by atoms with van der Waals surface area (Å²) < 4.78 is 16.6. The first-order chi connectivity index (χ1) is 5.33. The first-order valence-electron chi connectivity index (χ1n) is 3.42. The number of hydrogen-bond acceptors (Lipinski definition) is 2. The molecule has 0 spiro atoms. The molecule has 0 saturated heterocycles. The lowest BCUT2D eigenvalue weighted by Crippen LogP contribution is -2.27. The van der Waals surface area contributed by atoms with E-state index in [1.165, 1.54) is 12.5 Å². The van der Waals surface area contributed by atoms with Crippen molar-refractivity contribution in [3.63, 3.8) is 0 Å². The Bertz CT molecular complexity index is 317. The van der Waals surface area contributed by atoms with Gasteiger partial charge in [-0.15, -0.1) is 0 Å². The zero-order valence-electron chi connectivity index (χ0n) is 6.99. The van der Waals surface area contributed by atoms with Crippen molar-refractivity contribution < 1.29 is 8.39 Å². The molecule has 0 bridgehead atoms. The average molecular weight is 207 g/mol. The predicted molar refractivity (Wildman–Crippen MR) is 52.9 cm³/mol. The van der Waals surface area contributed by atoms with Gasteiger partial charge in [0.15, 0.2) is 5.75 Å². The van der Waals surface area contributed by atoms with Crippen molar-refractivity contribution in [3.05, 3.63) is 30.3 Å². The van der Waals surface area contributed by atoms with Gasteiger partial charge in [-0.1, -0.05) is 26.8 Å². The number of halogens is 1. The molecular weight excluding hydrogens is 196 g/mol. The molecule has 0 aliphatic carbocycles. The van der Waals surface area contributed by atoms with Gasteiger partial charge in [0.05, 0.1) is 0 Å². The van der Waals surface area contributed by atoms with Crippen LogP contribution in [0.25, 0.3) is 0 Å². The van der Waals surface area contributed by atoms with E-state index < -0.39 is 8.56 Å². The van der Waals surface area contributed by atoms with Crippen molar-refractivity contribution >= 4 is 19.2 Å². The van der Waals surface area contributed by atoms with Crippen molar-refractivity contribution in [1.82, 2.24) is 0 Å². The fourth-order valence-corrected chi connectivity index (χ4v) is 1.61. The zero-order chi connectivity index (χ0) is 9.27. The molecule has 4 heteroatoms. The minimum Gasteiger partial charge on any atom is -0.384 e. The Kier molecular flexibility index (Phi) is 2.19. The zero-order valence-corrected chi connectivity index (χ0v) is 8.56. The van der Waals surface area contributed by atoms with E-state index in [0.717, 1.165) is 0 Å². The Morgan fingerprint density at radius 1 is 1.25 bits per heavy atom. The van der Waals surface area contributed by atoms with Crippen LogP contribution in [0.4, 0.5) is 0 Å². The summed E-state index contributed by atoms with van der Waals surface area (Å²) >= 11 is 0. The highest BCUT2D eigenvalue weighted by Crippen LogP contribution is 2.27. The number of rotatable bonds is 2. The third kappa shape index (κ3) is 3.74. The molecule has 0 fully saturated rings. The van der Waals surface area contributed by atoms with Gasteiger partial charge in [-0.2, -0.15) is 4.21 Å². The normalized spacial score (nSPS) is 14.8. The molecule has 2 nitrogen and oxygen atoms in total. The summed E-state index contributed by atoms with van der Waals surface area (Å²) in [6.07, 6.45) is 2.76. The van der Waals surface area contributed by atoms with Crippen molar-refractivity contribution in [1.29, 1.82) is 0 Å². The molecule has 0 atom stereocenters. The highest BCUT2D eigenvalue weighted by molar-refractivity contribution is 8.34. The third-order valence-electron chi connectivity index (χ3n) is 1.07. The summed E-state index contributed by atoms with van der Waals surface area (Å²) in [7, 11) is 2.25. The van der Waals surface area contributed by atoms with Gasteiger partial charge in [-0.3, -0.25) is 0 Å². The van der Waals surface area contributed by atoms with Gasteiger partial charge in [-0.05, 0) is 12.1 Å². The van der Waals surface area contributed by atoms with Crippen molar-refractivity contribution in [2.75, 3.05) is 12.5 Å². The van der Waals surface area contributed by atoms with E-state index in [4.69, 9.17) is 14.9 Å². The summed E-state index contributed by atoms with van der Waals surface area (Å²) in [5.41, 5.74) is 0. The van der Waals surface area contributed by atoms with E-state index in [2.05, 4.69) is 0 Å². The van der Waals surface area contributed by atoms with Crippen LogP contribution in [0.15, 0.2) is 30.3 Å². The summed E-state index contributed by atoms with van der Waals surface area (Å²) in [4.78, 5) is 0. The molecule has 0 unspecified atom stereocenters. The Morgan fingerprint density at radius 3 is 2.17 bits per heavy atom. The van der Waals surface area contributed by atoms with Gasteiger partial charge in [-0.25, -0.2) is 0 Å². The van der Waals surface area contributed by atoms with Crippen LogP contribution in [0, 0.1) is 0 Å². The molecule has 0 aliphatic heterocycles. The Hall–Kier alpha value is -0.540. The lowest BCUT2D eigenvalue weighted by Gasteiger charge is -2.32. The maximum absolute atomic E-state index is 11.5. The highest BCUT2D eigenvalue weighted by Gasteiger charge is 2.15. The number of benzene rings is 1. The fraction of sp³-hybridized carbons (Fsp3) is 0.250. The summed E-state index contributed by atoms with van der Waals surface area (Å²) in [5.74, 6) is 0.523. The number of hydrogen-bond donors (Lipinski definition) is 0. The molecule has 68 valence electrons. The van der Waals surface area contributed by atoms with Crippen molar-refractivity contribution in [2.24, 2.45) is 0 Å². The largest absolute Gasteiger partial charge is 0.384 e. The molecule has 0 aromatic heterocycles. The van der Waals surface area contributed by atoms with E-state index in [-0.39, 0.29) is 0 Å². The average Bonchev–Trinajstić information content (AvgIpc) is 1.83. The molecule has 0 saturated carbocycles. The molecule has 0 radical (unpaired) electrons. The van der Waals surface area contributed by atoms with Crippen LogP contribution in [0.3, 0.4) is 0 Å². The standard InChI is InChI=1S/C8H11ClO2S/c1-12(2,9,10)11-8-6-4-3-5-7-8/h3-7H,1-2H3. The Balaban J connectivity index is 2.86. The van der Waals surface area contributed by atoms with Gasteiger partial charge >= 0.3 is 0 Å². The van der Waals surface area contributed by atoms with Crippen LogP contribution >= 0.6 is 10.7 Å². The smallest absolute Gasteiger partial charge is 0.151 e. The molecule has 0 amide bonds.